The maximum absolute atomic E-state index is 12.3. The molecule has 0 unspecified atom stereocenters. The number of carbonyl (C=O) groups excluding carboxylic acids is 2. The van der Waals surface area contributed by atoms with Crippen LogP contribution in [0.2, 0.25) is 0 Å². The molecule has 1 saturated carbocycles. The van der Waals surface area contributed by atoms with Crippen LogP contribution >= 0.6 is 31.9 Å². The van der Waals surface area contributed by atoms with E-state index < -0.39 is 29.6 Å². The molecule has 0 radical (unpaired) electrons. The molecule has 3 amide bonds. The molecule has 4 atom stereocenters. The van der Waals surface area contributed by atoms with Gasteiger partial charge in [-0.2, -0.15) is 0 Å². The number of amides is 3. The van der Waals surface area contributed by atoms with Crippen LogP contribution in [0.15, 0.2) is 15.1 Å². The quantitative estimate of drug-likeness (QED) is 0.463. The molecule has 1 saturated heterocycles. The van der Waals surface area contributed by atoms with E-state index >= 15 is 0 Å². The standard InChI is InChI=1S/C12H12Br2N4O4/c1-17-10(20)16-11(21)3-6-7(12(11,17)22)15-9(19)5-2-4(13)8(14)18(5)6/h2,6-7,21-22H,3H2,1H3,(H,15,19)(H,16,20)/t6-,7-,11+,12-/m1/s1. The molecule has 10 heteroatoms. The number of nitrogens with one attached hydrogen (secondary N) is 2. The van der Waals surface area contributed by atoms with Crippen molar-refractivity contribution in [1.82, 2.24) is 20.1 Å². The Morgan fingerprint density at radius 1 is 1.36 bits per heavy atom. The van der Waals surface area contributed by atoms with Crippen LogP contribution in [0, 0.1) is 0 Å². The van der Waals surface area contributed by atoms with E-state index in [2.05, 4.69) is 42.5 Å². The number of fused-ring (bicyclic) bond motifs is 5. The summed E-state index contributed by atoms with van der Waals surface area (Å²) in [5.74, 6) is -0.377. The molecule has 0 bridgehead atoms. The van der Waals surface area contributed by atoms with Crippen molar-refractivity contribution in [2.75, 3.05) is 7.05 Å². The van der Waals surface area contributed by atoms with E-state index in [-0.39, 0.29) is 12.3 Å². The van der Waals surface area contributed by atoms with Gasteiger partial charge in [-0.25, -0.2) is 4.79 Å². The van der Waals surface area contributed by atoms with Crippen molar-refractivity contribution in [3.63, 3.8) is 0 Å². The zero-order chi connectivity index (χ0) is 16.0. The van der Waals surface area contributed by atoms with Crippen LogP contribution in [-0.2, 0) is 0 Å². The molecule has 1 aliphatic carbocycles. The molecule has 0 spiro atoms. The summed E-state index contributed by atoms with van der Waals surface area (Å²) in [5, 5.41) is 26.9. The van der Waals surface area contributed by atoms with Crippen LogP contribution in [0.1, 0.15) is 23.0 Å². The first kappa shape index (κ1) is 14.5. The number of hydrogen-bond donors (Lipinski definition) is 4. The van der Waals surface area contributed by atoms with Gasteiger partial charge in [-0.3, -0.25) is 9.69 Å². The molecule has 3 heterocycles. The molecule has 1 aromatic heterocycles. The van der Waals surface area contributed by atoms with Crippen LogP contribution in [0.5, 0.6) is 0 Å². The molecule has 2 fully saturated rings. The number of carbonyl (C=O) groups is 2. The Morgan fingerprint density at radius 2 is 2.05 bits per heavy atom. The van der Waals surface area contributed by atoms with E-state index in [1.165, 1.54) is 7.05 Å². The summed E-state index contributed by atoms with van der Waals surface area (Å²) in [6.45, 7) is 0. The van der Waals surface area contributed by atoms with Gasteiger partial charge in [0.15, 0.2) is 5.72 Å². The highest BCUT2D eigenvalue weighted by Gasteiger charge is 2.73. The zero-order valence-electron chi connectivity index (χ0n) is 11.3. The second kappa shape index (κ2) is 4.05. The predicted octanol–water partition coefficient (Wildman–Crippen LogP) is 0.102. The van der Waals surface area contributed by atoms with Gasteiger partial charge in [0.2, 0.25) is 5.72 Å². The summed E-state index contributed by atoms with van der Waals surface area (Å²) in [5.41, 5.74) is -3.33. The molecule has 118 valence electrons. The summed E-state index contributed by atoms with van der Waals surface area (Å²) >= 11 is 6.77. The molecule has 8 nitrogen and oxygen atoms in total. The third kappa shape index (κ3) is 1.39. The van der Waals surface area contributed by atoms with E-state index in [1.807, 2.05) is 0 Å². The Labute approximate surface area is 141 Å². The minimum Gasteiger partial charge on any atom is -0.366 e. The fourth-order valence-corrected chi connectivity index (χ4v) is 4.74. The van der Waals surface area contributed by atoms with E-state index in [1.54, 1.807) is 10.6 Å². The van der Waals surface area contributed by atoms with Gasteiger partial charge in [0.05, 0.1) is 15.1 Å². The molecular weight excluding hydrogens is 424 g/mol. The molecule has 2 aliphatic heterocycles. The Hall–Kier alpha value is -1.10. The number of halogens is 2. The largest absolute Gasteiger partial charge is 0.366 e. The lowest BCUT2D eigenvalue weighted by Gasteiger charge is -2.40. The third-order valence-electron chi connectivity index (χ3n) is 4.84. The van der Waals surface area contributed by atoms with E-state index in [0.29, 0.717) is 14.8 Å². The number of urea groups is 1. The first-order valence-corrected chi connectivity index (χ1v) is 8.17. The molecule has 0 aromatic carbocycles. The van der Waals surface area contributed by atoms with Crippen LogP contribution in [0.25, 0.3) is 0 Å². The molecular formula is C12H12Br2N4O4. The van der Waals surface area contributed by atoms with E-state index in [4.69, 9.17) is 0 Å². The van der Waals surface area contributed by atoms with Crippen LogP contribution in [0.4, 0.5) is 4.79 Å². The lowest BCUT2D eigenvalue weighted by molar-refractivity contribution is -0.181. The molecule has 4 rings (SSSR count). The minimum atomic E-state index is -1.92. The second-order valence-electron chi connectivity index (χ2n) is 5.84. The Kier molecular flexibility index (Phi) is 2.67. The van der Waals surface area contributed by atoms with Crippen LogP contribution in [0.3, 0.4) is 0 Å². The SMILES string of the molecule is CN1C(=O)N[C@]2(O)C[C@@H]3[C@@H](NC(=O)c4cc(Br)c(Br)n43)[C@]12O. The van der Waals surface area contributed by atoms with Crippen molar-refractivity contribution in [2.45, 2.75) is 30.0 Å². The molecule has 4 N–H and O–H groups in total. The third-order valence-corrected chi connectivity index (χ3v) is 6.79. The van der Waals surface area contributed by atoms with Crippen molar-refractivity contribution in [2.24, 2.45) is 0 Å². The topological polar surface area (TPSA) is 107 Å². The van der Waals surface area contributed by atoms with Crippen LogP contribution < -0.4 is 10.6 Å². The summed E-state index contributed by atoms with van der Waals surface area (Å²) in [4.78, 5) is 25.2. The highest BCUT2D eigenvalue weighted by Crippen LogP contribution is 2.51. The van der Waals surface area contributed by atoms with Gasteiger partial charge >= 0.3 is 6.03 Å². The van der Waals surface area contributed by atoms with Gasteiger partial charge < -0.3 is 25.4 Å². The number of nitrogens with zero attached hydrogens (tertiary/aromatic N) is 2. The number of likely N-dealkylation sites (N-methyl/N-ethyl adjacent to an activating group) is 1. The van der Waals surface area contributed by atoms with E-state index in [9.17, 15) is 19.8 Å². The minimum absolute atomic E-state index is 0.0667. The lowest BCUT2D eigenvalue weighted by atomic mass is 9.99. The van der Waals surface area contributed by atoms with Gasteiger partial charge in [0, 0.05) is 13.5 Å². The Morgan fingerprint density at radius 3 is 2.73 bits per heavy atom. The number of aliphatic hydroxyl groups is 2. The highest BCUT2D eigenvalue weighted by molar-refractivity contribution is 9.13. The Balaban J connectivity index is 1.91. The maximum Gasteiger partial charge on any atom is 0.321 e. The molecule has 22 heavy (non-hydrogen) atoms. The molecule has 3 aliphatic rings. The fraction of sp³-hybridized carbons (Fsp3) is 0.500. The maximum atomic E-state index is 12.3. The summed E-state index contributed by atoms with van der Waals surface area (Å²) in [6.07, 6.45) is 0.0667. The average molecular weight is 436 g/mol. The van der Waals surface area contributed by atoms with Crippen molar-refractivity contribution in [3.05, 3.63) is 20.8 Å². The van der Waals surface area contributed by atoms with Gasteiger partial charge in [-0.1, -0.05) is 0 Å². The van der Waals surface area contributed by atoms with Crippen LogP contribution in [-0.4, -0.2) is 56.2 Å². The number of hydrogen-bond acceptors (Lipinski definition) is 4. The molecule has 1 aromatic rings. The van der Waals surface area contributed by atoms with Gasteiger partial charge in [0.25, 0.3) is 5.91 Å². The highest BCUT2D eigenvalue weighted by atomic mass is 79.9. The van der Waals surface area contributed by atoms with Crippen molar-refractivity contribution in [1.29, 1.82) is 0 Å². The monoisotopic (exact) mass is 434 g/mol. The van der Waals surface area contributed by atoms with Gasteiger partial charge in [-0.05, 0) is 37.9 Å². The summed E-state index contributed by atoms with van der Waals surface area (Å²) in [6, 6.07) is -0.167. The lowest BCUT2D eigenvalue weighted by Crippen LogP contribution is -2.67. The first-order chi connectivity index (χ1) is 10.2. The van der Waals surface area contributed by atoms with Gasteiger partial charge in [-0.15, -0.1) is 0 Å². The van der Waals surface area contributed by atoms with E-state index in [0.717, 1.165) is 4.90 Å². The number of aromatic nitrogens is 1. The second-order valence-corrected chi connectivity index (χ2v) is 7.44. The van der Waals surface area contributed by atoms with Crippen molar-refractivity contribution < 1.29 is 19.8 Å². The predicted molar refractivity (Wildman–Crippen MR) is 80.9 cm³/mol. The van der Waals surface area contributed by atoms with Crippen molar-refractivity contribution in [3.8, 4) is 0 Å². The fourth-order valence-electron chi connectivity index (χ4n) is 3.76. The zero-order valence-corrected chi connectivity index (χ0v) is 14.5. The van der Waals surface area contributed by atoms with Gasteiger partial charge in [0.1, 0.15) is 11.7 Å². The summed E-state index contributed by atoms with van der Waals surface area (Å²) < 4.78 is 3.07. The van der Waals surface area contributed by atoms with Crippen molar-refractivity contribution >= 4 is 43.8 Å². The number of rotatable bonds is 0. The normalized spacial score (nSPS) is 39.2. The first-order valence-electron chi connectivity index (χ1n) is 6.58. The summed E-state index contributed by atoms with van der Waals surface area (Å²) in [7, 11) is 1.39. The average Bonchev–Trinajstić information content (AvgIpc) is 2.92. The Bertz CT molecular complexity index is 737. The smallest absolute Gasteiger partial charge is 0.321 e.